The van der Waals surface area contributed by atoms with Crippen LogP contribution in [0.1, 0.15) is 6.42 Å². The Hall–Kier alpha value is -0.200. The van der Waals surface area contributed by atoms with Crippen LogP contribution >= 0.6 is 0 Å². The third-order valence-corrected chi connectivity index (χ3v) is 2.41. The Morgan fingerprint density at radius 2 is 1.65 bits per heavy atom. The van der Waals surface area contributed by atoms with Crippen molar-refractivity contribution in [1.82, 2.24) is 10.2 Å². The Labute approximate surface area is 105 Å². The fourth-order valence-corrected chi connectivity index (χ4v) is 1.31. The molecule has 0 aliphatic heterocycles. The summed E-state index contributed by atoms with van der Waals surface area (Å²) in [6.07, 6.45) is 0.971. The van der Waals surface area contributed by atoms with Crippen molar-refractivity contribution in [3.8, 4) is 0 Å². The first-order chi connectivity index (χ1) is 8.31. The van der Waals surface area contributed by atoms with Crippen LogP contribution in [-0.4, -0.2) is 78.8 Å². The molecule has 0 heterocycles. The first kappa shape index (κ1) is 16.8. The van der Waals surface area contributed by atoms with E-state index in [2.05, 4.69) is 17.3 Å². The molecule has 0 aromatic heterocycles. The number of nitrogens with one attached hydrogen (secondary N) is 1. The monoisotopic (exact) mass is 248 g/mol. The molecule has 0 rings (SSSR count). The zero-order valence-corrected chi connectivity index (χ0v) is 11.5. The Kier molecular flexibility index (Phi) is 13.7. The maximum Gasteiger partial charge on any atom is 0.0593 e. The van der Waals surface area contributed by atoms with Crippen molar-refractivity contribution in [3.63, 3.8) is 0 Å². The van der Waals surface area contributed by atoms with Gasteiger partial charge in [0.1, 0.15) is 0 Å². The molecule has 0 atom stereocenters. The zero-order chi connectivity index (χ0) is 12.8. The molecule has 0 amide bonds. The Bertz CT molecular complexity index is 148. The largest absolute Gasteiger partial charge is 0.385 e. The molecule has 5 heteroatoms. The summed E-state index contributed by atoms with van der Waals surface area (Å²) >= 11 is 0. The van der Waals surface area contributed by atoms with E-state index in [1.165, 1.54) is 0 Å². The van der Waals surface area contributed by atoms with Crippen LogP contribution < -0.4 is 5.32 Å². The molecule has 0 aliphatic rings. The Morgan fingerprint density at radius 1 is 0.882 bits per heavy atom. The van der Waals surface area contributed by atoms with E-state index in [1.807, 2.05) is 0 Å². The van der Waals surface area contributed by atoms with E-state index < -0.39 is 0 Å². The van der Waals surface area contributed by atoms with Crippen molar-refractivity contribution < 1.29 is 14.2 Å². The van der Waals surface area contributed by atoms with Crippen LogP contribution in [0.25, 0.3) is 0 Å². The highest BCUT2D eigenvalue weighted by atomic mass is 16.5. The van der Waals surface area contributed by atoms with E-state index in [0.717, 1.165) is 59.0 Å². The van der Waals surface area contributed by atoms with Crippen LogP contribution in [0.3, 0.4) is 0 Å². The SMILES string of the molecule is COCCCOCCN(C)CCNCCOC. The van der Waals surface area contributed by atoms with Crippen molar-refractivity contribution in [2.45, 2.75) is 6.42 Å². The van der Waals surface area contributed by atoms with Crippen LogP contribution in [-0.2, 0) is 14.2 Å². The van der Waals surface area contributed by atoms with E-state index in [9.17, 15) is 0 Å². The molecule has 0 aromatic carbocycles. The summed E-state index contributed by atoms with van der Waals surface area (Å²) < 4.78 is 15.4. The van der Waals surface area contributed by atoms with Gasteiger partial charge in [-0.1, -0.05) is 0 Å². The zero-order valence-electron chi connectivity index (χ0n) is 11.5. The van der Waals surface area contributed by atoms with Crippen LogP contribution in [0.5, 0.6) is 0 Å². The van der Waals surface area contributed by atoms with Crippen LogP contribution in [0, 0.1) is 0 Å². The van der Waals surface area contributed by atoms with Gasteiger partial charge < -0.3 is 24.4 Å². The van der Waals surface area contributed by atoms with Gasteiger partial charge in [0.25, 0.3) is 0 Å². The topological polar surface area (TPSA) is 43.0 Å². The number of nitrogens with zero attached hydrogens (tertiary/aromatic N) is 1. The number of hydrogen-bond donors (Lipinski definition) is 1. The summed E-state index contributed by atoms with van der Waals surface area (Å²) in [6.45, 7) is 7.03. The average Bonchev–Trinajstić information content (AvgIpc) is 2.33. The van der Waals surface area contributed by atoms with Crippen LogP contribution in [0.15, 0.2) is 0 Å². The molecular weight excluding hydrogens is 220 g/mol. The lowest BCUT2D eigenvalue weighted by Crippen LogP contribution is -2.32. The van der Waals surface area contributed by atoms with Crippen LogP contribution in [0.4, 0.5) is 0 Å². The molecule has 0 saturated heterocycles. The molecule has 0 aliphatic carbocycles. The summed E-state index contributed by atoms with van der Waals surface area (Å²) in [5, 5.41) is 3.31. The van der Waals surface area contributed by atoms with Crippen molar-refractivity contribution in [2.75, 3.05) is 73.9 Å². The maximum atomic E-state index is 5.49. The number of hydrogen-bond acceptors (Lipinski definition) is 5. The summed E-state index contributed by atoms with van der Waals surface area (Å²) in [7, 11) is 5.54. The van der Waals surface area contributed by atoms with E-state index >= 15 is 0 Å². The molecule has 0 unspecified atom stereocenters. The fourth-order valence-electron chi connectivity index (χ4n) is 1.31. The van der Waals surface area contributed by atoms with Crippen molar-refractivity contribution in [1.29, 1.82) is 0 Å². The van der Waals surface area contributed by atoms with Gasteiger partial charge in [-0.3, -0.25) is 0 Å². The normalized spacial score (nSPS) is 11.3. The predicted molar refractivity (Wildman–Crippen MR) is 69.6 cm³/mol. The highest BCUT2D eigenvalue weighted by Crippen LogP contribution is 1.86. The molecule has 0 spiro atoms. The third kappa shape index (κ3) is 13.7. The van der Waals surface area contributed by atoms with Gasteiger partial charge in [-0.15, -0.1) is 0 Å². The molecular formula is C12H28N2O3. The molecule has 1 N–H and O–H groups in total. The Balaban J connectivity index is 3.09. The second-order valence-electron chi connectivity index (χ2n) is 4.00. The summed E-state index contributed by atoms with van der Waals surface area (Å²) in [6, 6.07) is 0. The van der Waals surface area contributed by atoms with Crippen LogP contribution in [0.2, 0.25) is 0 Å². The van der Waals surface area contributed by atoms with Gasteiger partial charge >= 0.3 is 0 Å². The molecule has 0 aromatic rings. The third-order valence-electron chi connectivity index (χ3n) is 2.41. The molecule has 5 nitrogen and oxygen atoms in total. The van der Waals surface area contributed by atoms with E-state index in [1.54, 1.807) is 14.2 Å². The average molecular weight is 248 g/mol. The predicted octanol–water partition coefficient (Wildman–Crippen LogP) is 0.207. The number of methoxy groups -OCH3 is 2. The molecule has 0 saturated carbocycles. The number of ether oxygens (including phenoxy) is 3. The molecule has 0 radical (unpaired) electrons. The second-order valence-corrected chi connectivity index (χ2v) is 4.00. The quantitative estimate of drug-likeness (QED) is 0.472. The van der Waals surface area contributed by atoms with Gasteiger partial charge in [0.15, 0.2) is 0 Å². The van der Waals surface area contributed by atoms with Gasteiger partial charge in [0.05, 0.1) is 13.2 Å². The fraction of sp³-hybridized carbons (Fsp3) is 1.00. The van der Waals surface area contributed by atoms with Crippen molar-refractivity contribution in [3.05, 3.63) is 0 Å². The number of rotatable bonds is 13. The highest BCUT2D eigenvalue weighted by molar-refractivity contribution is 4.54. The van der Waals surface area contributed by atoms with Gasteiger partial charge in [0.2, 0.25) is 0 Å². The van der Waals surface area contributed by atoms with Crippen molar-refractivity contribution >= 4 is 0 Å². The minimum atomic E-state index is 0.770. The van der Waals surface area contributed by atoms with Gasteiger partial charge in [-0.2, -0.15) is 0 Å². The Morgan fingerprint density at radius 3 is 2.35 bits per heavy atom. The molecule has 104 valence electrons. The molecule has 17 heavy (non-hydrogen) atoms. The lowest BCUT2D eigenvalue weighted by molar-refractivity contribution is 0.0888. The van der Waals surface area contributed by atoms with E-state index in [4.69, 9.17) is 14.2 Å². The first-order valence-corrected chi connectivity index (χ1v) is 6.26. The second kappa shape index (κ2) is 13.9. The summed E-state index contributed by atoms with van der Waals surface area (Å²) in [5.41, 5.74) is 0. The lowest BCUT2D eigenvalue weighted by Gasteiger charge is -2.16. The van der Waals surface area contributed by atoms with Gasteiger partial charge in [-0.05, 0) is 13.5 Å². The van der Waals surface area contributed by atoms with E-state index in [-0.39, 0.29) is 0 Å². The van der Waals surface area contributed by atoms with E-state index in [0.29, 0.717) is 0 Å². The lowest BCUT2D eigenvalue weighted by atomic mass is 10.5. The molecule has 0 fully saturated rings. The molecule has 0 bridgehead atoms. The minimum absolute atomic E-state index is 0.770. The standard InChI is InChI=1S/C12H28N2O3/c1-14(7-5-13-6-11-16-3)8-12-17-10-4-9-15-2/h13H,4-12H2,1-3H3. The van der Waals surface area contributed by atoms with Crippen molar-refractivity contribution in [2.24, 2.45) is 0 Å². The van der Waals surface area contributed by atoms with Gasteiger partial charge in [-0.25, -0.2) is 0 Å². The summed E-state index contributed by atoms with van der Waals surface area (Å²) in [4.78, 5) is 2.26. The minimum Gasteiger partial charge on any atom is -0.385 e. The summed E-state index contributed by atoms with van der Waals surface area (Å²) in [5.74, 6) is 0. The number of likely N-dealkylation sites (N-methyl/N-ethyl adjacent to an activating group) is 1. The van der Waals surface area contributed by atoms with Gasteiger partial charge in [0, 0.05) is 53.6 Å². The highest BCUT2D eigenvalue weighted by Gasteiger charge is 1.97. The first-order valence-electron chi connectivity index (χ1n) is 6.26. The smallest absolute Gasteiger partial charge is 0.0593 e. The maximum absolute atomic E-state index is 5.49.